The van der Waals surface area contributed by atoms with Crippen molar-refractivity contribution < 1.29 is 9.53 Å². The maximum Gasteiger partial charge on any atom is 0.250 e. The molecule has 1 aliphatic heterocycles. The summed E-state index contributed by atoms with van der Waals surface area (Å²) in [6.45, 7) is 11.6. The van der Waals surface area contributed by atoms with Gasteiger partial charge in [0.15, 0.2) is 0 Å². The Morgan fingerprint density at radius 2 is 2.00 bits per heavy atom. The zero-order valence-electron chi connectivity index (χ0n) is 11.5. The second-order valence-corrected chi connectivity index (χ2v) is 5.46. The Hall–Kier alpha value is -0.610. The zero-order valence-corrected chi connectivity index (χ0v) is 11.5. The van der Waals surface area contributed by atoms with Crippen molar-refractivity contribution in [3.05, 3.63) is 0 Å². The Morgan fingerprint density at radius 1 is 1.35 bits per heavy atom. The van der Waals surface area contributed by atoms with Gasteiger partial charge in [-0.05, 0) is 17.8 Å². The molecule has 0 bridgehead atoms. The van der Waals surface area contributed by atoms with Crippen LogP contribution in [0.4, 0.5) is 0 Å². The highest BCUT2D eigenvalue weighted by molar-refractivity contribution is 5.81. The number of amides is 1. The fourth-order valence-electron chi connectivity index (χ4n) is 2.31. The Kier molecular flexibility index (Phi) is 5.92. The van der Waals surface area contributed by atoms with Gasteiger partial charge in [-0.3, -0.25) is 4.79 Å². The number of carbonyl (C=O) groups excluding carboxylic acids is 1. The van der Waals surface area contributed by atoms with E-state index in [1.165, 1.54) is 0 Å². The highest BCUT2D eigenvalue weighted by Crippen LogP contribution is 2.19. The van der Waals surface area contributed by atoms with E-state index in [1.807, 2.05) is 0 Å². The van der Waals surface area contributed by atoms with Crippen molar-refractivity contribution in [3.63, 3.8) is 0 Å². The summed E-state index contributed by atoms with van der Waals surface area (Å²) in [4.78, 5) is 11.9. The summed E-state index contributed by atoms with van der Waals surface area (Å²) in [5.41, 5.74) is 0. The van der Waals surface area contributed by atoms with E-state index in [1.54, 1.807) is 0 Å². The van der Waals surface area contributed by atoms with E-state index in [2.05, 4.69) is 38.3 Å². The van der Waals surface area contributed by atoms with Gasteiger partial charge in [-0.2, -0.15) is 0 Å². The van der Waals surface area contributed by atoms with Crippen molar-refractivity contribution in [3.8, 4) is 0 Å². The molecule has 1 atom stereocenters. The van der Waals surface area contributed by atoms with Crippen molar-refractivity contribution in [1.29, 1.82) is 0 Å². The number of carbonyl (C=O) groups is 1. The third-order valence-electron chi connectivity index (χ3n) is 3.44. The lowest BCUT2D eigenvalue weighted by Gasteiger charge is -2.27. The highest BCUT2D eigenvalue weighted by Gasteiger charge is 2.24. The van der Waals surface area contributed by atoms with Crippen LogP contribution in [-0.4, -0.2) is 38.3 Å². The summed E-state index contributed by atoms with van der Waals surface area (Å²) in [6.07, 6.45) is -0.316. The van der Waals surface area contributed by atoms with Gasteiger partial charge in [0.05, 0.1) is 6.61 Å². The Balaban J connectivity index is 2.35. The fraction of sp³-hybridized carbons (Fsp3) is 0.923. The molecule has 1 unspecified atom stereocenters. The Labute approximate surface area is 104 Å². The second kappa shape index (κ2) is 6.97. The predicted octanol–water partition coefficient (Wildman–Crippen LogP) is 1.02. The Bertz CT molecular complexity index is 228. The summed E-state index contributed by atoms with van der Waals surface area (Å²) >= 11 is 0. The molecule has 100 valence electrons. The molecule has 0 aromatic carbocycles. The minimum Gasteiger partial charge on any atom is -0.366 e. The lowest BCUT2D eigenvalue weighted by atomic mass is 9.85. The van der Waals surface area contributed by atoms with Crippen molar-refractivity contribution >= 4 is 5.91 Å². The SMILES string of the molecule is CC(C)C(CNC(=O)C1CNCCO1)C(C)C. The van der Waals surface area contributed by atoms with Gasteiger partial charge in [0, 0.05) is 19.6 Å². The van der Waals surface area contributed by atoms with Crippen LogP contribution in [0.15, 0.2) is 0 Å². The maximum absolute atomic E-state index is 11.9. The van der Waals surface area contributed by atoms with Gasteiger partial charge in [0.25, 0.3) is 0 Å². The first-order valence-electron chi connectivity index (χ1n) is 6.62. The van der Waals surface area contributed by atoms with Crippen LogP contribution < -0.4 is 10.6 Å². The van der Waals surface area contributed by atoms with E-state index in [0.29, 0.717) is 30.9 Å². The van der Waals surface area contributed by atoms with Crippen LogP contribution in [0.1, 0.15) is 27.7 Å². The molecule has 0 spiro atoms. The molecule has 17 heavy (non-hydrogen) atoms. The third-order valence-corrected chi connectivity index (χ3v) is 3.44. The van der Waals surface area contributed by atoms with Gasteiger partial charge in [-0.15, -0.1) is 0 Å². The molecule has 1 saturated heterocycles. The van der Waals surface area contributed by atoms with Gasteiger partial charge < -0.3 is 15.4 Å². The first kappa shape index (κ1) is 14.5. The van der Waals surface area contributed by atoms with Crippen LogP contribution in [0.5, 0.6) is 0 Å². The minimum absolute atomic E-state index is 0.0171. The number of rotatable bonds is 5. The molecule has 0 radical (unpaired) electrons. The van der Waals surface area contributed by atoms with Crippen molar-refractivity contribution in [2.75, 3.05) is 26.2 Å². The van der Waals surface area contributed by atoms with Crippen LogP contribution in [0, 0.1) is 17.8 Å². The molecule has 0 aromatic rings. The molecule has 0 aromatic heterocycles. The molecular weight excluding hydrogens is 216 g/mol. The number of morpholine rings is 1. The summed E-state index contributed by atoms with van der Waals surface area (Å²) in [5, 5.41) is 6.17. The molecule has 0 aliphatic carbocycles. The lowest BCUT2D eigenvalue weighted by Crippen LogP contribution is -2.49. The van der Waals surface area contributed by atoms with Gasteiger partial charge >= 0.3 is 0 Å². The molecule has 1 amide bonds. The molecule has 1 fully saturated rings. The monoisotopic (exact) mass is 242 g/mol. The summed E-state index contributed by atoms with van der Waals surface area (Å²) in [7, 11) is 0. The second-order valence-electron chi connectivity index (χ2n) is 5.46. The molecular formula is C13H26N2O2. The minimum atomic E-state index is -0.316. The first-order valence-corrected chi connectivity index (χ1v) is 6.62. The topological polar surface area (TPSA) is 50.4 Å². The summed E-state index contributed by atoms with van der Waals surface area (Å²) < 4.78 is 5.42. The highest BCUT2D eigenvalue weighted by atomic mass is 16.5. The Morgan fingerprint density at radius 3 is 2.47 bits per heavy atom. The molecule has 1 heterocycles. The summed E-state index contributed by atoms with van der Waals surface area (Å²) in [6, 6.07) is 0. The quantitative estimate of drug-likeness (QED) is 0.757. The molecule has 4 nitrogen and oxygen atoms in total. The molecule has 0 saturated carbocycles. The summed E-state index contributed by atoms with van der Waals surface area (Å²) in [5.74, 6) is 1.71. The van der Waals surface area contributed by atoms with Crippen LogP contribution in [0.3, 0.4) is 0 Å². The van der Waals surface area contributed by atoms with E-state index in [-0.39, 0.29) is 12.0 Å². The van der Waals surface area contributed by atoms with Gasteiger partial charge in [0.1, 0.15) is 6.10 Å². The smallest absolute Gasteiger partial charge is 0.250 e. The molecule has 1 rings (SSSR count). The van der Waals surface area contributed by atoms with Crippen molar-refractivity contribution in [2.24, 2.45) is 17.8 Å². The normalized spacial score (nSPS) is 21.2. The average molecular weight is 242 g/mol. The van der Waals surface area contributed by atoms with E-state index in [4.69, 9.17) is 4.74 Å². The van der Waals surface area contributed by atoms with E-state index in [9.17, 15) is 4.79 Å². The van der Waals surface area contributed by atoms with Crippen LogP contribution in [0.2, 0.25) is 0 Å². The standard InChI is InChI=1S/C13H26N2O2/c1-9(2)11(10(3)4)7-15-13(16)12-8-14-5-6-17-12/h9-12,14H,5-8H2,1-4H3,(H,15,16). The van der Waals surface area contributed by atoms with Crippen LogP contribution in [0.25, 0.3) is 0 Å². The van der Waals surface area contributed by atoms with Crippen LogP contribution >= 0.6 is 0 Å². The van der Waals surface area contributed by atoms with Crippen LogP contribution in [-0.2, 0) is 9.53 Å². The predicted molar refractivity (Wildman–Crippen MR) is 68.8 cm³/mol. The fourth-order valence-corrected chi connectivity index (χ4v) is 2.31. The third kappa shape index (κ3) is 4.64. The van der Waals surface area contributed by atoms with E-state index in [0.717, 1.165) is 13.1 Å². The number of nitrogens with one attached hydrogen (secondary N) is 2. The lowest BCUT2D eigenvalue weighted by molar-refractivity contribution is -0.134. The largest absolute Gasteiger partial charge is 0.366 e. The zero-order chi connectivity index (χ0) is 12.8. The van der Waals surface area contributed by atoms with Crippen molar-refractivity contribution in [2.45, 2.75) is 33.8 Å². The number of hydrogen-bond acceptors (Lipinski definition) is 3. The molecule has 4 heteroatoms. The molecule has 1 aliphatic rings. The number of ether oxygens (including phenoxy) is 1. The maximum atomic E-state index is 11.9. The average Bonchev–Trinajstić information content (AvgIpc) is 2.29. The van der Waals surface area contributed by atoms with E-state index >= 15 is 0 Å². The number of hydrogen-bond donors (Lipinski definition) is 2. The van der Waals surface area contributed by atoms with Gasteiger partial charge in [0.2, 0.25) is 5.91 Å². The first-order chi connectivity index (χ1) is 8.02. The van der Waals surface area contributed by atoms with E-state index < -0.39 is 0 Å². The molecule has 2 N–H and O–H groups in total. The van der Waals surface area contributed by atoms with Crippen molar-refractivity contribution in [1.82, 2.24) is 10.6 Å². The van der Waals surface area contributed by atoms with Gasteiger partial charge in [-0.1, -0.05) is 27.7 Å². The van der Waals surface area contributed by atoms with Gasteiger partial charge in [-0.25, -0.2) is 0 Å².